The molecule has 0 aromatic heterocycles. The molecule has 2 aliphatic rings. The Morgan fingerprint density at radius 3 is 1.27 bits per heavy atom. The summed E-state index contributed by atoms with van der Waals surface area (Å²) in [4.78, 5) is 19.2. The molecule has 0 saturated carbocycles. The predicted octanol–water partition coefficient (Wildman–Crippen LogP) is 4.05. The minimum atomic E-state index is -0.935. The van der Waals surface area contributed by atoms with Crippen LogP contribution in [0.4, 0.5) is 0 Å². The zero-order valence-corrected chi connectivity index (χ0v) is 13.0. The van der Waals surface area contributed by atoms with Crippen molar-refractivity contribution in [1.82, 2.24) is 0 Å². The molecule has 0 saturated heterocycles. The maximum atomic E-state index is 9.60. The fourth-order valence-corrected chi connectivity index (χ4v) is 1.37. The van der Waals surface area contributed by atoms with Gasteiger partial charge in [0.25, 0.3) is 0 Å². The van der Waals surface area contributed by atoms with Crippen LogP contribution in [0.1, 0.15) is 26.7 Å². The molecule has 2 N–H and O–H groups in total. The first kappa shape index (κ1) is 19.4. The summed E-state index contributed by atoms with van der Waals surface area (Å²) in [5, 5.41) is 15.8. The van der Waals surface area contributed by atoms with Gasteiger partial charge in [0.05, 0.1) is 0 Å². The molecule has 0 bridgehead atoms. The molecule has 2 rings (SSSR count). The first-order valence-electron chi connectivity index (χ1n) is 6.75. The number of carboxylic acid groups (broad SMARTS) is 2. The third kappa shape index (κ3) is 8.53. The summed E-state index contributed by atoms with van der Waals surface area (Å²) in [6.07, 6.45) is 15.4. The molecule has 2 aliphatic carbocycles. The van der Waals surface area contributed by atoms with Crippen molar-refractivity contribution in [2.45, 2.75) is 26.7 Å². The second kappa shape index (κ2) is 10.2. The van der Waals surface area contributed by atoms with Gasteiger partial charge >= 0.3 is 11.9 Å². The Balaban J connectivity index is 0.000000324. The van der Waals surface area contributed by atoms with Crippen LogP contribution in [0.3, 0.4) is 0 Å². The Labute approximate surface area is 131 Å². The van der Waals surface area contributed by atoms with Gasteiger partial charge < -0.3 is 10.2 Å². The predicted molar refractivity (Wildman–Crippen MR) is 88.6 cm³/mol. The molecular weight excluding hydrogens is 280 g/mol. The van der Waals surface area contributed by atoms with Crippen LogP contribution < -0.4 is 0 Å². The Bertz CT molecular complexity index is 496. The van der Waals surface area contributed by atoms with Crippen LogP contribution in [-0.2, 0) is 9.59 Å². The van der Waals surface area contributed by atoms with Crippen molar-refractivity contribution in [2.75, 3.05) is 0 Å². The van der Waals surface area contributed by atoms with Gasteiger partial charge in [0.15, 0.2) is 0 Å². The highest BCUT2D eigenvalue weighted by molar-refractivity contribution is 5.85. The SMILES string of the molecule is C1=CCC(C2=CC=CC2)=C1.C=C(C)C(=O)O.C=C(C)C(=O)O. The lowest BCUT2D eigenvalue weighted by Crippen LogP contribution is -1.92. The van der Waals surface area contributed by atoms with E-state index in [0.717, 1.165) is 12.8 Å². The summed E-state index contributed by atoms with van der Waals surface area (Å²) < 4.78 is 0. The number of aliphatic carboxylic acids is 2. The molecule has 0 amide bonds. The highest BCUT2D eigenvalue weighted by Crippen LogP contribution is 2.25. The molecule has 0 heterocycles. The van der Waals surface area contributed by atoms with Crippen molar-refractivity contribution >= 4 is 11.9 Å². The molecule has 0 aromatic carbocycles. The van der Waals surface area contributed by atoms with Gasteiger partial charge in [-0.1, -0.05) is 49.6 Å². The van der Waals surface area contributed by atoms with Crippen molar-refractivity contribution in [3.63, 3.8) is 0 Å². The van der Waals surface area contributed by atoms with Gasteiger partial charge in [0.1, 0.15) is 0 Å². The first-order valence-corrected chi connectivity index (χ1v) is 6.75. The summed E-state index contributed by atoms with van der Waals surface area (Å²) in [5.74, 6) is -1.87. The number of carboxylic acids is 2. The standard InChI is InChI=1S/C10H10.2C4H6O2/c1-2-6-9(5-1)10-7-3-4-8-10;2*1-3(2)4(5)6/h1-5,7H,6,8H2;2*1H2,2H3,(H,5,6). The Kier molecular flexibility index (Phi) is 8.95. The fraction of sp³-hybridized carbons (Fsp3) is 0.222. The second-order valence-corrected chi connectivity index (χ2v) is 4.82. The van der Waals surface area contributed by atoms with Crippen LogP contribution in [0.15, 0.2) is 71.9 Å². The zero-order chi connectivity index (χ0) is 17.1. The quantitative estimate of drug-likeness (QED) is 0.771. The molecule has 0 aromatic rings. The van der Waals surface area contributed by atoms with E-state index in [9.17, 15) is 9.59 Å². The van der Waals surface area contributed by atoms with E-state index in [1.807, 2.05) is 0 Å². The van der Waals surface area contributed by atoms with Gasteiger partial charge in [-0.25, -0.2) is 9.59 Å². The minimum absolute atomic E-state index is 0.176. The summed E-state index contributed by atoms with van der Waals surface area (Å²) in [5.41, 5.74) is 3.33. The van der Waals surface area contributed by atoms with Crippen LogP contribution >= 0.6 is 0 Å². The first-order chi connectivity index (χ1) is 10.3. The van der Waals surface area contributed by atoms with Crippen LogP contribution in [0.2, 0.25) is 0 Å². The third-order valence-corrected chi connectivity index (χ3v) is 2.69. The molecule has 4 nitrogen and oxygen atoms in total. The summed E-state index contributed by atoms with van der Waals surface area (Å²) in [6, 6.07) is 0. The lowest BCUT2D eigenvalue weighted by Gasteiger charge is -1.99. The molecule has 0 atom stereocenters. The van der Waals surface area contributed by atoms with E-state index in [4.69, 9.17) is 10.2 Å². The summed E-state index contributed by atoms with van der Waals surface area (Å²) in [6.45, 7) is 9.20. The number of rotatable bonds is 3. The van der Waals surface area contributed by atoms with Gasteiger partial charge in [0, 0.05) is 11.1 Å². The van der Waals surface area contributed by atoms with E-state index >= 15 is 0 Å². The van der Waals surface area contributed by atoms with Crippen LogP contribution in [0.25, 0.3) is 0 Å². The zero-order valence-electron chi connectivity index (χ0n) is 13.0. The van der Waals surface area contributed by atoms with Gasteiger partial charge in [-0.05, 0) is 37.8 Å². The molecule has 4 heteroatoms. The maximum Gasteiger partial charge on any atom is 0.330 e. The molecule has 0 spiro atoms. The molecule has 22 heavy (non-hydrogen) atoms. The van der Waals surface area contributed by atoms with Crippen LogP contribution in [0.5, 0.6) is 0 Å². The van der Waals surface area contributed by atoms with Crippen molar-refractivity contribution < 1.29 is 19.8 Å². The molecule has 0 fully saturated rings. The van der Waals surface area contributed by atoms with Crippen molar-refractivity contribution in [1.29, 1.82) is 0 Å². The molecular formula is C18H22O4. The fourth-order valence-electron chi connectivity index (χ4n) is 1.37. The van der Waals surface area contributed by atoms with Crippen LogP contribution in [-0.4, -0.2) is 22.2 Å². The van der Waals surface area contributed by atoms with E-state index in [-0.39, 0.29) is 11.1 Å². The molecule has 0 radical (unpaired) electrons. The van der Waals surface area contributed by atoms with Gasteiger partial charge in [-0.3, -0.25) is 0 Å². The Morgan fingerprint density at radius 1 is 0.864 bits per heavy atom. The van der Waals surface area contributed by atoms with Gasteiger partial charge in [-0.2, -0.15) is 0 Å². The van der Waals surface area contributed by atoms with Gasteiger partial charge in [0.2, 0.25) is 0 Å². The average Bonchev–Trinajstić information content (AvgIpc) is 3.13. The number of hydrogen-bond acceptors (Lipinski definition) is 2. The topological polar surface area (TPSA) is 74.6 Å². The normalized spacial score (nSPS) is 13.9. The van der Waals surface area contributed by atoms with E-state index in [1.54, 1.807) is 0 Å². The lowest BCUT2D eigenvalue weighted by atomic mass is 10.1. The molecule has 118 valence electrons. The minimum Gasteiger partial charge on any atom is -0.478 e. The largest absolute Gasteiger partial charge is 0.478 e. The van der Waals surface area contributed by atoms with E-state index in [0.29, 0.717) is 0 Å². The van der Waals surface area contributed by atoms with Crippen molar-refractivity contribution in [2.24, 2.45) is 0 Å². The lowest BCUT2D eigenvalue weighted by molar-refractivity contribution is -0.133. The summed E-state index contributed by atoms with van der Waals surface area (Å²) in [7, 11) is 0. The van der Waals surface area contributed by atoms with E-state index in [2.05, 4.69) is 49.6 Å². The van der Waals surface area contributed by atoms with E-state index in [1.165, 1.54) is 25.0 Å². The highest BCUT2D eigenvalue weighted by Gasteiger charge is 2.05. The van der Waals surface area contributed by atoms with E-state index < -0.39 is 11.9 Å². The number of allylic oxidation sites excluding steroid dienone is 8. The van der Waals surface area contributed by atoms with Crippen molar-refractivity contribution in [3.05, 3.63) is 71.9 Å². The third-order valence-electron chi connectivity index (χ3n) is 2.69. The Morgan fingerprint density at radius 2 is 1.14 bits per heavy atom. The maximum absolute atomic E-state index is 9.60. The Hall–Kier alpha value is -2.62. The average molecular weight is 302 g/mol. The van der Waals surface area contributed by atoms with Crippen LogP contribution in [0, 0.1) is 0 Å². The van der Waals surface area contributed by atoms with Crippen molar-refractivity contribution in [3.8, 4) is 0 Å². The number of carbonyl (C=O) groups is 2. The number of hydrogen-bond donors (Lipinski definition) is 2. The summed E-state index contributed by atoms with van der Waals surface area (Å²) >= 11 is 0. The molecule has 0 aliphatic heterocycles. The highest BCUT2D eigenvalue weighted by atomic mass is 16.4. The smallest absolute Gasteiger partial charge is 0.330 e. The molecule has 0 unspecified atom stereocenters. The van der Waals surface area contributed by atoms with Gasteiger partial charge in [-0.15, -0.1) is 0 Å². The second-order valence-electron chi connectivity index (χ2n) is 4.82. The monoisotopic (exact) mass is 302 g/mol.